The average Bonchev–Trinajstić information content (AvgIpc) is 2.28. The van der Waals surface area contributed by atoms with E-state index < -0.39 is 0 Å². The van der Waals surface area contributed by atoms with Crippen molar-refractivity contribution >= 4 is 6.41 Å². The zero-order chi connectivity index (χ0) is 8.43. The molecule has 1 rings (SSSR count). The zero-order valence-electron chi connectivity index (χ0n) is 7.71. The van der Waals surface area contributed by atoms with Crippen LogP contribution in [0.5, 0.6) is 0 Å². The first kappa shape index (κ1) is 12.5. The summed E-state index contributed by atoms with van der Waals surface area (Å²) in [5.74, 6) is 0.600. The second-order valence-corrected chi connectivity index (χ2v) is 3.39. The van der Waals surface area contributed by atoms with Crippen LogP contribution in [0.1, 0.15) is 26.7 Å². The Hall–Kier alpha value is 0.522. The van der Waals surface area contributed by atoms with Gasteiger partial charge in [-0.05, 0) is 31.3 Å². The number of amides is 1. The summed E-state index contributed by atoms with van der Waals surface area (Å²) in [4.78, 5) is 12.3. The summed E-state index contributed by atoms with van der Waals surface area (Å²) in [7, 11) is 0. The monoisotopic (exact) mass is 391 g/mol. The van der Waals surface area contributed by atoms with Gasteiger partial charge in [-0.15, -0.1) is 0 Å². The Labute approximate surface area is 98.5 Å². The number of likely N-dealkylation sites (tertiary alicyclic amines) is 1. The van der Waals surface area contributed by atoms with Crippen molar-refractivity contribution in [3.63, 3.8) is 0 Å². The van der Waals surface area contributed by atoms with Gasteiger partial charge < -0.3 is 16.6 Å². The van der Waals surface area contributed by atoms with Gasteiger partial charge in [0.2, 0.25) is 0 Å². The first-order valence-electron chi connectivity index (χ1n) is 4.16. The standard InChI is InChI=1S/C9H15NO.U/c1-4-9-5-7(2)8(3)10(9)6-11;/h7-9H,1,4-5H2,2-3H3;/q-2;+2. The van der Waals surface area contributed by atoms with Crippen LogP contribution in [0.4, 0.5) is 0 Å². The van der Waals surface area contributed by atoms with Gasteiger partial charge in [0.15, 0.2) is 0 Å². The predicted octanol–water partition coefficient (Wildman–Crippen LogP) is 1.38. The number of hydrogen-bond acceptors (Lipinski definition) is 1. The molecule has 1 heterocycles. The van der Waals surface area contributed by atoms with E-state index in [9.17, 15) is 4.79 Å². The molecule has 0 radical (unpaired) electrons. The summed E-state index contributed by atoms with van der Waals surface area (Å²) >= 11 is 0. The molecule has 1 saturated heterocycles. The molecule has 2 nitrogen and oxygen atoms in total. The Bertz CT molecular complexity index is 151. The first-order chi connectivity index (χ1) is 5.20. The fraction of sp³-hybridized carbons (Fsp3) is 0.778. The van der Waals surface area contributed by atoms with E-state index in [0.29, 0.717) is 18.0 Å². The molecule has 3 atom stereocenters. The third kappa shape index (κ3) is 2.27. The maximum atomic E-state index is 10.5. The molecule has 3 heteroatoms. The summed E-state index contributed by atoms with van der Waals surface area (Å²) in [6.07, 6.45) is 3.88. The predicted molar refractivity (Wildman–Crippen MR) is 44.5 cm³/mol. The van der Waals surface area contributed by atoms with Gasteiger partial charge in [0, 0.05) is 0 Å². The van der Waals surface area contributed by atoms with Crippen LogP contribution in [-0.2, 0) is 4.79 Å². The molecule has 0 bridgehead atoms. The SMILES string of the molecule is [CH2-]CC1CC(C)C(C)N1[C-]=O.[U+2]. The minimum absolute atomic E-state index is 0. The van der Waals surface area contributed by atoms with Crippen LogP contribution in [0.2, 0.25) is 0 Å². The van der Waals surface area contributed by atoms with Gasteiger partial charge in [0.1, 0.15) is 0 Å². The van der Waals surface area contributed by atoms with Gasteiger partial charge in [0.05, 0.1) is 0 Å². The molecular weight excluding hydrogens is 376 g/mol. The Morgan fingerprint density at radius 3 is 2.50 bits per heavy atom. The minimum atomic E-state index is 0. The molecule has 1 aliphatic heterocycles. The minimum Gasteiger partial charge on any atom is -0.520 e. The van der Waals surface area contributed by atoms with E-state index in [1.54, 1.807) is 4.90 Å². The Morgan fingerprint density at radius 1 is 1.58 bits per heavy atom. The van der Waals surface area contributed by atoms with Crippen molar-refractivity contribution in [2.24, 2.45) is 5.92 Å². The number of hydrogen-bond donors (Lipinski definition) is 0. The van der Waals surface area contributed by atoms with Crippen molar-refractivity contribution in [3.8, 4) is 0 Å². The van der Waals surface area contributed by atoms with E-state index in [0.717, 1.165) is 12.8 Å². The number of nitrogens with zero attached hydrogens (tertiary/aromatic N) is 1. The van der Waals surface area contributed by atoms with Crippen LogP contribution in [0, 0.1) is 44.0 Å². The Morgan fingerprint density at radius 2 is 2.17 bits per heavy atom. The van der Waals surface area contributed by atoms with E-state index >= 15 is 0 Å². The maximum absolute atomic E-state index is 10.5. The third-order valence-electron chi connectivity index (χ3n) is 2.74. The van der Waals surface area contributed by atoms with Crippen LogP contribution in [0.15, 0.2) is 0 Å². The van der Waals surface area contributed by atoms with Gasteiger partial charge in [-0.25, -0.2) is 0 Å². The smallest absolute Gasteiger partial charge is 0.520 e. The summed E-state index contributed by atoms with van der Waals surface area (Å²) in [6.45, 7) is 8.06. The number of rotatable bonds is 2. The normalized spacial score (nSPS) is 34.6. The summed E-state index contributed by atoms with van der Waals surface area (Å²) in [6, 6.07) is 0.678. The van der Waals surface area contributed by atoms with E-state index in [1.807, 2.05) is 6.41 Å². The molecular formula is C9H15NOU. The molecule has 0 spiro atoms. The van der Waals surface area contributed by atoms with E-state index in [4.69, 9.17) is 0 Å². The molecule has 0 aromatic rings. The quantitative estimate of drug-likeness (QED) is 0.652. The van der Waals surface area contributed by atoms with Crippen LogP contribution >= 0.6 is 0 Å². The maximum Gasteiger partial charge on any atom is 2.00 e. The van der Waals surface area contributed by atoms with Crippen LogP contribution in [-0.4, -0.2) is 23.4 Å². The molecule has 3 unspecified atom stereocenters. The van der Waals surface area contributed by atoms with Gasteiger partial charge in [-0.3, -0.25) is 0 Å². The molecule has 1 aliphatic rings. The fourth-order valence-electron chi connectivity index (χ4n) is 1.76. The summed E-state index contributed by atoms with van der Waals surface area (Å²) in [5.41, 5.74) is 0. The molecule has 0 saturated carbocycles. The second-order valence-electron chi connectivity index (χ2n) is 3.39. The molecule has 12 heavy (non-hydrogen) atoms. The Balaban J connectivity index is 0.00000121. The second kappa shape index (κ2) is 5.29. The topological polar surface area (TPSA) is 20.3 Å². The summed E-state index contributed by atoms with van der Waals surface area (Å²) < 4.78 is 0. The van der Waals surface area contributed by atoms with Crippen LogP contribution in [0.25, 0.3) is 0 Å². The molecule has 66 valence electrons. The summed E-state index contributed by atoms with van der Waals surface area (Å²) in [5, 5.41) is 0. The van der Waals surface area contributed by atoms with Crippen LogP contribution < -0.4 is 0 Å². The van der Waals surface area contributed by atoms with Crippen molar-refractivity contribution in [2.45, 2.75) is 38.8 Å². The van der Waals surface area contributed by atoms with E-state index in [-0.39, 0.29) is 31.1 Å². The van der Waals surface area contributed by atoms with Crippen molar-refractivity contribution < 1.29 is 35.9 Å². The van der Waals surface area contributed by atoms with Gasteiger partial charge in [-0.2, -0.15) is 12.8 Å². The van der Waals surface area contributed by atoms with E-state index in [1.165, 1.54) is 0 Å². The zero-order valence-corrected chi connectivity index (χ0v) is 11.9. The largest absolute Gasteiger partial charge is 2.00 e. The van der Waals surface area contributed by atoms with Crippen molar-refractivity contribution in [1.29, 1.82) is 0 Å². The average molecular weight is 391 g/mol. The number of carbonyl (C=O) groups excluding carboxylic acids is 1. The van der Waals surface area contributed by atoms with Crippen molar-refractivity contribution in [1.82, 2.24) is 4.90 Å². The molecule has 0 aromatic heterocycles. The molecule has 0 N–H and O–H groups in total. The van der Waals surface area contributed by atoms with Crippen LogP contribution in [0.3, 0.4) is 0 Å². The van der Waals surface area contributed by atoms with Gasteiger partial charge >= 0.3 is 31.1 Å². The molecule has 0 aliphatic carbocycles. The van der Waals surface area contributed by atoms with E-state index in [2.05, 4.69) is 20.8 Å². The van der Waals surface area contributed by atoms with Crippen molar-refractivity contribution in [3.05, 3.63) is 6.92 Å². The van der Waals surface area contributed by atoms with Gasteiger partial charge in [-0.1, -0.05) is 6.92 Å². The molecule has 1 fully saturated rings. The Kier molecular flexibility index (Phi) is 5.52. The van der Waals surface area contributed by atoms with Gasteiger partial charge in [0.25, 0.3) is 0 Å². The third-order valence-corrected chi connectivity index (χ3v) is 2.74. The van der Waals surface area contributed by atoms with Crippen molar-refractivity contribution in [2.75, 3.05) is 0 Å². The first-order valence-corrected chi connectivity index (χ1v) is 4.16. The molecule has 1 amide bonds. The molecule has 0 aromatic carbocycles. The fourth-order valence-corrected chi connectivity index (χ4v) is 1.76.